The number of rotatable bonds is 3. The summed E-state index contributed by atoms with van der Waals surface area (Å²) in [6, 6.07) is 8.38. The summed E-state index contributed by atoms with van der Waals surface area (Å²) in [4.78, 5) is 17.4. The average molecular weight is 366 g/mol. The van der Waals surface area contributed by atoms with Crippen LogP contribution in [0.1, 0.15) is 16.1 Å². The van der Waals surface area contributed by atoms with Crippen LogP contribution >= 0.6 is 0 Å². The second-order valence-electron chi connectivity index (χ2n) is 5.88. The molecule has 1 amide bonds. The average Bonchev–Trinajstić information content (AvgIpc) is 3.04. The molecule has 2 aliphatic heterocycles. The van der Waals surface area contributed by atoms with E-state index >= 15 is 0 Å². The molecule has 1 saturated heterocycles. The fourth-order valence-corrected chi connectivity index (χ4v) is 2.70. The van der Waals surface area contributed by atoms with Crippen LogP contribution in [0.2, 0.25) is 0 Å². The smallest absolute Gasteiger partial charge is 0.433 e. The third-order valence-electron chi connectivity index (χ3n) is 4.06. The van der Waals surface area contributed by atoms with E-state index in [1.807, 2.05) is 0 Å². The van der Waals surface area contributed by atoms with Gasteiger partial charge in [0, 0.05) is 11.6 Å². The minimum atomic E-state index is -4.53. The molecule has 1 aromatic carbocycles. The van der Waals surface area contributed by atoms with E-state index in [1.165, 1.54) is 17.0 Å². The maximum Gasteiger partial charge on any atom is 0.433 e. The van der Waals surface area contributed by atoms with Gasteiger partial charge < -0.3 is 19.1 Å². The summed E-state index contributed by atoms with van der Waals surface area (Å²) in [5, 5.41) is 0. The number of halogens is 3. The lowest BCUT2D eigenvalue weighted by atomic mass is 10.1. The maximum absolute atomic E-state index is 12.7. The van der Waals surface area contributed by atoms with E-state index in [0.717, 1.165) is 6.07 Å². The summed E-state index contributed by atoms with van der Waals surface area (Å²) in [5.41, 5.74) is -0.562. The molecule has 0 N–H and O–H groups in total. The lowest BCUT2D eigenvalue weighted by Crippen LogP contribution is -2.56. The first-order chi connectivity index (χ1) is 12.4. The predicted octanol–water partition coefficient (Wildman–Crippen LogP) is 2.73. The molecule has 0 spiro atoms. The zero-order valence-electron chi connectivity index (χ0n) is 13.3. The second-order valence-corrected chi connectivity index (χ2v) is 5.88. The van der Waals surface area contributed by atoms with Crippen molar-refractivity contribution in [1.82, 2.24) is 9.88 Å². The molecule has 2 aromatic rings. The van der Waals surface area contributed by atoms with Crippen molar-refractivity contribution in [1.29, 1.82) is 0 Å². The van der Waals surface area contributed by atoms with Gasteiger partial charge in [-0.2, -0.15) is 13.2 Å². The Morgan fingerprint density at radius 3 is 2.69 bits per heavy atom. The van der Waals surface area contributed by atoms with Gasteiger partial charge in [0.15, 0.2) is 11.5 Å². The Morgan fingerprint density at radius 1 is 1.15 bits per heavy atom. The van der Waals surface area contributed by atoms with Gasteiger partial charge in [-0.15, -0.1) is 0 Å². The van der Waals surface area contributed by atoms with Crippen molar-refractivity contribution in [2.75, 3.05) is 19.9 Å². The highest BCUT2D eigenvalue weighted by Gasteiger charge is 2.35. The normalized spacial score (nSPS) is 16.3. The standard InChI is InChI=1S/C17H13F3N2O4/c18-17(19,20)14-2-1-3-15(21-14)26-11-7-22(8-11)16(23)10-4-5-12-13(6-10)25-9-24-12/h1-6,11H,7-9H2. The van der Waals surface area contributed by atoms with Crippen molar-refractivity contribution < 1.29 is 32.2 Å². The van der Waals surface area contributed by atoms with Crippen molar-refractivity contribution >= 4 is 5.91 Å². The Bertz CT molecular complexity index is 850. The van der Waals surface area contributed by atoms with Crippen molar-refractivity contribution in [2.24, 2.45) is 0 Å². The quantitative estimate of drug-likeness (QED) is 0.836. The number of benzene rings is 1. The molecule has 4 rings (SSSR count). The Hall–Kier alpha value is -2.97. The zero-order valence-corrected chi connectivity index (χ0v) is 13.3. The number of pyridine rings is 1. The van der Waals surface area contributed by atoms with E-state index in [-0.39, 0.29) is 31.7 Å². The summed E-state index contributed by atoms with van der Waals surface area (Å²) < 4.78 is 53.8. The SMILES string of the molecule is O=C(c1ccc2c(c1)OCO2)N1CC(Oc2cccc(C(F)(F)F)n2)C1. The van der Waals surface area contributed by atoms with E-state index in [0.29, 0.717) is 17.1 Å². The van der Waals surface area contributed by atoms with E-state index in [1.54, 1.807) is 18.2 Å². The summed E-state index contributed by atoms with van der Waals surface area (Å²) in [5.74, 6) is 0.777. The molecule has 1 fully saturated rings. The number of aromatic nitrogens is 1. The fraction of sp³-hybridized carbons (Fsp3) is 0.294. The van der Waals surface area contributed by atoms with Crippen molar-refractivity contribution in [3.63, 3.8) is 0 Å². The number of carbonyl (C=O) groups is 1. The lowest BCUT2D eigenvalue weighted by Gasteiger charge is -2.38. The Balaban J connectivity index is 1.36. The third-order valence-corrected chi connectivity index (χ3v) is 4.06. The van der Waals surface area contributed by atoms with E-state index in [9.17, 15) is 18.0 Å². The first kappa shape index (κ1) is 16.5. The van der Waals surface area contributed by atoms with Crippen LogP contribution in [0.15, 0.2) is 36.4 Å². The van der Waals surface area contributed by atoms with Gasteiger partial charge in [0.1, 0.15) is 11.8 Å². The van der Waals surface area contributed by atoms with Gasteiger partial charge in [0.25, 0.3) is 5.91 Å². The first-order valence-corrected chi connectivity index (χ1v) is 7.80. The van der Waals surface area contributed by atoms with E-state index < -0.39 is 18.0 Å². The molecule has 3 heterocycles. The second kappa shape index (κ2) is 6.08. The van der Waals surface area contributed by atoms with Gasteiger partial charge in [-0.1, -0.05) is 6.07 Å². The predicted molar refractivity (Wildman–Crippen MR) is 82.1 cm³/mol. The molecule has 0 bridgehead atoms. The molecule has 0 saturated carbocycles. The fourth-order valence-electron chi connectivity index (χ4n) is 2.70. The number of ether oxygens (including phenoxy) is 3. The van der Waals surface area contributed by atoms with Crippen LogP contribution in [0.4, 0.5) is 13.2 Å². The summed E-state index contributed by atoms with van der Waals surface area (Å²) in [6.07, 6.45) is -4.93. The molecule has 2 aliphatic rings. The highest BCUT2D eigenvalue weighted by atomic mass is 19.4. The van der Waals surface area contributed by atoms with Crippen molar-refractivity contribution in [3.05, 3.63) is 47.7 Å². The van der Waals surface area contributed by atoms with Crippen molar-refractivity contribution in [2.45, 2.75) is 12.3 Å². The van der Waals surface area contributed by atoms with Crippen LogP contribution < -0.4 is 14.2 Å². The number of nitrogens with zero attached hydrogens (tertiary/aromatic N) is 2. The Morgan fingerprint density at radius 2 is 1.92 bits per heavy atom. The molecule has 0 radical (unpaired) electrons. The maximum atomic E-state index is 12.7. The van der Waals surface area contributed by atoms with Crippen LogP contribution in [-0.2, 0) is 6.18 Å². The molecule has 1 aromatic heterocycles. The van der Waals surface area contributed by atoms with Crippen LogP contribution in [0.5, 0.6) is 17.4 Å². The molecular weight excluding hydrogens is 353 g/mol. The van der Waals surface area contributed by atoms with E-state index in [2.05, 4.69) is 4.98 Å². The van der Waals surface area contributed by atoms with Gasteiger partial charge in [0.05, 0.1) is 13.1 Å². The number of amides is 1. The summed E-state index contributed by atoms with van der Waals surface area (Å²) in [7, 11) is 0. The van der Waals surface area contributed by atoms with Crippen LogP contribution in [0.3, 0.4) is 0 Å². The molecule has 9 heteroatoms. The Labute approximate surface area is 146 Å². The van der Waals surface area contributed by atoms with Gasteiger partial charge in [-0.3, -0.25) is 4.79 Å². The van der Waals surface area contributed by atoms with E-state index in [4.69, 9.17) is 14.2 Å². The summed E-state index contributed by atoms with van der Waals surface area (Å²) >= 11 is 0. The number of alkyl halides is 3. The molecule has 136 valence electrons. The van der Waals surface area contributed by atoms with Crippen molar-refractivity contribution in [3.8, 4) is 17.4 Å². The first-order valence-electron chi connectivity index (χ1n) is 7.80. The molecular formula is C17H13F3N2O4. The topological polar surface area (TPSA) is 60.9 Å². The minimum absolute atomic E-state index is 0.111. The van der Waals surface area contributed by atoms with Gasteiger partial charge in [0.2, 0.25) is 12.7 Å². The van der Waals surface area contributed by atoms with Gasteiger partial charge in [-0.05, 0) is 24.3 Å². The number of hydrogen-bond donors (Lipinski definition) is 0. The number of hydrogen-bond acceptors (Lipinski definition) is 5. The van der Waals surface area contributed by atoms with Crippen LogP contribution in [-0.4, -0.2) is 41.8 Å². The zero-order chi connectivity index (χ0) is 18.3. The van der Waals surface area contributed by atoms with Crippen LogP contribution in [0.25, 0.3) is 0 Å². The number of carbonyl (C=O) groups excluding carboxylic acids is 1. The highest BCUT2D eigenvalue weighted by molar-refractivity contribution is 5.95. The van der Waals surface area contributed by atoms with Gasteiger partial charge >= 0.3 is 6.18 Å². The Kier molecular flexibility index (Phi) is 3.86. The monoisotopic (exact) mass is 366 g/mol. The highest BCUT2D eigenvalue weighted by Crippen LogP contribution is 2.33. The summed E-state index contributed by atoms with van der Waals surface area (Å²) in [6.45, 7) is 0.660. The molecule has 6 nitrogen and oxygen atoms in total. The third kappa shape index (κ3) is 3.12. The number of likely N-dealkylation sites (tertiary alicyclic amines) is 1. The molecule has 0 atom stereocenters. The molecule has 0 aliphatic carbocycles. The minimum Gasteiger partial charge on any atom is -0.471 e. The largest absolute Gasteiger partial charge is 0.471 e. The molecule has 0 unspecified atom stereocenters. The lowest BCUT2D eigenvalue weighted by molar-refractivity contribution is -0.141. The van der Waals surface area contributed by atoms with Gasteiger partial charge in [-0.25, -0.2) is 4.98 Å². The number of fused-ring (bicyclic) bond motifs is 1. The van der Waals surface area contributed by atoms with Crippen LogP contribution in [0, 0.1) is 0 Å². The molecule has 26 heavy (non-hydrogen) atoms.